The second-order valence-corrected chi connectivity index (χ2v) is 7.90. The van der Waals surface area contributed by atoms with Gasteiger partial charge in [-0.15, -0.1) is 0 Å². The van der Waals surface area contributed by atoms with E-state index in [1.54, 1.807) is 46.2 Å². The predicted molar refractivity (Wildman–Crippen MR) is 122 cm³/mol. The first-order valence-corrected chi connectivity index (χ1v) is 10.8. The van der Waals surface area contributed by atoms with Gasteiger partial charge < -0.3 is 14.2 Å². The summed E-state index contributed by atoms with van der Waals surface area (Å²) in [6, 6.07) is 19.9. The van der Waals surface area contributed by atoms with Crippen LogP contribution in [0, 0.1) is 0 Å². The fourth-order valence-corrected chi connectivity index (χ4v) is 4.08. The molecule has 166 valence electrons. The molecule has 2 amide bonds. The maximum atomic E-state index is 13.5. The minimum Gasteiger partial charge on any atom is -0.459 e. The van der Waals surface area contributed by atoms with Crippen LogP contribution in [0.2, 0.25) is 0 Å². The van der Waals surface area contributed by atoms with Crippen molar-refractivity contribution in [1.82, 2.24) is 19.6 Å². The van der Waals surface area contributed by atoms with Crippen LogP contribution in [0.25, 0.3) is 10.8 Å². The van der Waals surface area contributed by atoms with Crippen LogP contribution in [0.3, 0.4) is 0 Å². The Morgan fingerprint density at radius 1 is 0.788 bits per heavy atom. The second-order valence-electron chi connectivity index (χ2n) is 7.90. The van der Waals surface area contributed by atoms with E-state index in [4.69, 9.17) is 4.42 Å². The van der Waals surface area contributed by atoms with Crippen LogP contribution in [-0.2, 0) is 6.54 Å². The number of amides is 2. The molecule has 1 saturated heterocycles. The fourth-order valence-electron chi connectivity index (χ4n) is 4.08. The Labute approximate surface area is 189 Å². The van der Waals surface area contributed by atoms with E-state index in [-0.39, 0.29) is 35.4 Å². The first kappa shape index (κ1) is 20.7. The number of carbonyl (C=O) groups is 2. The van der Waals surface area contributed by atoms with Crippen LogP contribution < -0.4 is 5.56 Å². The summed E-state index contributed by atoms with van der Waals surface area (Å²) in [5.41, 5.74) is 0.928. The smallest absolute Gasteiger partial charge is 0.289 e. The molecule has 1 aliphatic heterocycles. The van der Waals surface area contributed by atoms with Crippen molar-refractivity contribution in [3.05, 3.63) is 100 Å². The van der Waals surface area contributed by atoms with Gasteiger partial charge in [-0.25, -0.2) is 4.68 Å². The molecule has 0 radical (unpaired) electrons. The number of hydrogen-bond acceptors (Lipinski definition) is 5. The lowest BCUT2D eigenvalue weighted by Gasteiger charge is -2.34. The molecule has 33 heavy (non-hydrogen) atoms. The number of furan rings is 1. The van der Waals surface area contributed by atoms with Gasteiger partial charge in [0.05, 0.1) is 18.2 Å². The normalized spacial score (nSPS) is 13.9. The van der Waals surface area contributed by atoms with E-state index in [0.717, 1.165) is 5.56 Å². The topological polar surface area (TPSA) is 88.7 Å². The van der Waals surface area contributed by atoms with E-state index in [1.807, 2.05) is 30.3 Å². The third kappa shape index (κ3) is 4.03. The van der Waals surface area contributed by atoms with E-state index in [0.29, 0.717) is 37.0 Å². The summed E-state index contributed by atoms with van der Waals surface area (Å²) in [6.07, 6.45) is 1.47. The van der Waals surface area contributed by atoms with E-state index in [9.17, 15) is 14.4 Å². The van der Waals surface area contributed by atoms with Crippen molar-refractivity contribution in [1.29, 1.82) is 0 Å². The molecule has 3 heterocycles. The highest BCUT2D eigenvalue weighted by molar-refractivity contribution is 6.05. The molecule has 4 aromatic rings. The molecule has 2 aromatic carbocycles. The molecule has 0 aliphatic carbocycles. The predicted octanol–water partition coefficient (Wildman–Crippen LogP) is 2.64. The Hall–Kier alpha value is -4.20. The molecule has 0 saturated carbocycles. The molecule has 5 rings (SSSR count). The minimum absolute atomic E-state index is 0.188. The number of rotatable bonds is 4. The Bertz CT molecular complexity index is 1350. The van der Waals surface area contributed by atoms with Crippen molar-refractivity contribution in [3.8, 4) is 0 Å². The van der Waals surface area contributed by atoms with Crippen LogP contribution in [0.4, 0.5) is 0 Å². The molecule has 0 bridgehead atoms. The molecular weight excluding hydrogens is 420 g/mol. The van der Waals surface area contributed by atoms with Crippen LogP contribution >= 0.6 is 0 Å². The van der Waals surface area contributed by atoms with Gasteiger partial charge in [-0.1, -0.05) is 48.5 Å². The summed E-state index contributed by atoms with van der Waals surface area (Å²) in [6.45, 7) is 1.81. The first-order valence-electron chi connectivity index (χ1n) is 10.8. The monoisotopic (exact) mass is 442 g/mol. The number of piperazine rings is 1. The van der Waals surface area contributed by atoms with Crippen molar-refractivity contribution in [2.24, 2.45) is 0 Å². The standard InChI is InChI=1S/C25H22N4O4/c30-23-20-10-5-4-9-19(20)22(26-29(23)17-18-7-2-1-3-8-18)25(32)28-14-12-27(13-15-28)24(31)21-11-6-16-33-21/h1-11,16H,12-15,17H2. The molecule has 0 spiro atoms. The molecule has 1 aliphatic rings. The molecule has 1 fully saturated rings. The zero-order chi connectivity index (χ0) is 22.8. The van der Waals surface area contributed by atoms with Gasteiger partial charge in [0.1, 0.15) is 0 Å². The van der Waals surface area contributed by atoms with Gasteiger partial charge in [-0.2, -0.15) is 5.10 Å². The highest BCUT2D eigenvalue weighted by Crippen LogP contribution is 2.18. The Morgan fingerprint density at radius 2 is 1.42 bits per heavy atom. The Morgan fingerprint density at radius 3 is 2.09 bits per heavy atom. The average Bonchev–Trinajstić information content (AvgIpc) is 3.41. The van der Waals surface area contributed by atoms with Gasteiger partial charge in [0, 0.05) is 31.6 Å². The first-order chi connectivity index (χ1) is 16.1. The third-order valence-corrected chi connectivity index (χ3v) is 5.83. The SMILES string of the molecule is O=C(c1ccco1)N1CCN(C(=O)c2nn(Cc3ccccc3)c(=O)c3ccccc23)CC1. The summed E-state index contributed by atoms with van der Waals surface area (Å²) < 4.78 is 6.55. The zero-order valence-electron chi connectivity index (χ0n) is 17.9. The van der Waals surface area contributed by atoms with Gasteiger partial charge in [0.2, 0.25) is 0 Å². The number of fused-ring (bicyclic) bond motifs is 1. The molecule has 0 N–H and O–H groups in total. The summed E-state index contributed by atoms with van der Waals surface area (Å²) in [7, 11) is 0. The summed E-state index contributed by atoms with van der Waals surface area (Å²) in [5, 5.41) is 5.47. The van der Waals surface area contributed by atoms with Crippen molar-refractivity contribution in [2.45, 2.75) is 6.54 Å². The lowest BCUT2D eigenvalue weighted by atomic mass is 10.1. The second kappa shape index (κ2) is 8.74. The summed E-state index contributed by atoms with van der Waals surface area (Å²) >= 11 is 0. The van der Waals surface area contributed by atoms with Crippen molar-refractivity contribution >= 4 is 22.6 Å². The van der Waals surface area contributed by atoms with E-state index < -0.39 is 0 Å². The lowest BCUT2D eigenvalue weighted by Crippen LogP contribution is -2.51. The molecule has 0 atom stereocenters. The van der Waals surface area contributed by atoms with Crippen molar-refractivity contribution in [2.75, 3.05) is 26.2 Å². The van der Waals surface area contributed by atoms with Crippen LogP contribution in [0.15, 0.2) is 82.2 Å². The minimum atomic E-state index is -0.252. The molecule has 0 unspecified atom stereocenters. The lowest BCUT2D eigenvalue weighted by molar-refractivity contribution is 0.0515. The number of aromatic nitrogens is 2. The zero-order valence-corrected chi connectivity index (χ0v) is 17.9. The van der Waals surface area contributed by atoms with Crippen molar-refractivity contribution in [3.63, 3.8) is 0 Å². The Balaban J connectivity index is 1.42. The van der Waals surface area contributed by atoms with E-state index >= 15 is 0 Å². The molecule has 2 aromatic heterocycles. The number of nitrogens with zero attached hydrogens (tertiary/aromatic N) is 4. The maximum Gasteiger partial charge on any atom is 0.289 e. The van der Waals surface area contributed by atoms with Crippen molar-refractivity contribution < 1.29 is 14.0 Å². The van der Waals surface area contributed by atoms with Gasteiger partial charge in [-0.3, -0.25) is 14.4 Å². The highest BCUT2D eigenvalue weighted by Gasteiger charge is 2.28. The van der Waals surface area contributed by atoms with Crippen LogP contribution in [-0.4, -0.2) is 57.6 Å². The van der Waals surface area contributed by atoms with Crippen LogP contribution in [0.5, 0.6) is 0 Å². The van der Waals surface area contributed by atoms with Gasteiger partial charge in [0.15, 0.2) is 11.5 Å². The number of benzene rings is 2. The fraction of sp³-hybridized carbons (Fsp3) is 0.200. The molecule has 8 heteroatoms. The van der Waals surface area contributed by atoms with Gasteiger partial charge in [0.25, 0.3) is 17.4 Å². The quantitative estimate of drug-likeness (QED) is 0.485. The summed E-state index contributed by atoms with van der Waals surface area (Å²) in [4.78, 5) is 42.4. The van der Waals surface area contributed by atoms with Gasteiger partial charge >= 0.3 is 0 Å². The number of hydrogen-bond donors (Lipinski definition) is 0. The summed E-state index contributed by atoms with van der Waals surface area (Å²) in [5.74, 6) is -0.152. The largest absolute Gasteiger partial charge is 0.459 e. The average molecular weight is 442 g/mol. The number of carbonyl (C=O) groups excluding carboxylic acids is 2. The maximum absolute atomic E-state index is 13.5. The van der Waals surface area contributed by atoms with Gasteiger partial charge in [-0.05, 0) is 23.8 Å². The van der Waals surface area contributed by atoms with E-state index in [1.165, 1.54) is 10.9 Å². The molecule has 8 nitrogen and oxygen atoms in total. The Kier molecular flexibility index (Phi) is 5.48. The van der Waals surface area contributed by atoms with Crippen LogP contribution in [0.1, 0.15) is 26.6 Å². The molecular formula is C25H22N4O4. The third-order valence-electron chi connectivity index (χ3n) is 5.83. The highest BCUT2D eigenvalue weighted by atomic mass is 16.3. The van der Waals surface area contributed by atoms with E-state index in [2.05, 4.69) is 5.10 Å².